The number of aryl methyl sites for hydroxylation is 2. The Balaban J connectivity index is 2.11. The first-order valence-electron chi connectivity index (χ1n) is 6.32. The molecule has 0 heterocycles. The highest BCUT2D eigenvalue weighted by Gasteiger charge is 2.10. The van der Waals surface area contributed by atoms with Gasteiger partial charge in [-0.1, -0.05) is 29.8 Å². The predicted octanol–water partition coefficient (Wildman–Crippen LogP) is 4.68. The van der Waals surface area contributed by atoms with Gasteiger partial charge in [-0.05, 0) is 48.7 Å². The number of carbonyl (C=O) groups excluding carboxylic acids is 1. The summed E-state index contributed by atoms with van der Waals surface area (Å²) in [6.45, 7) is 1.93. The van der Waals surface area contributed by atoms with E-state index in [0.29, 0.717) is 16.5 Å². The molecule has 2 rings (SSSR count). The Morgan fingerprint density at radius 1 is 1.15 bits per heavy atom. The van der Waals surface area contributed by atoms with E-state index in [1.807, 2.05) is 37.3 Å². The number of hydrogen-bond donors (Lipinski definition) is 1. The number of alkyl halides is 1. The van der Waals surface area contributed by atoms with Crippen LogP contribution < -0.4 is 5.32 Å². The van der Waals surface area contributed by atoms with Gasteiger partial charge in [-0.2, -0.15) is 0 Å². The number of amides is 1. The molecule has 20 heavy (non-hydrogen) atoms. The molecule has 0 fully saturated rings. The van der Waals surface area contributed by atoms with Crippen LogP contribution >= 0.6 is 23.2 Å². The molecule has 0 spiro atoms. The summed E-state index contributed by atoms with van der Waals surface area (Å²) in [6.07, 6.45) is 0.819. The summed E-state index contributed by atoms with van der Waals surface area (Å²) in [7, 11) is 0. The van der Waals surface area contributed by atoms with Crippen LogP contribution in [0, 0.1) is 6.92 Å². The van der Waals surface area contributed by atoms with E-state index in [4.69, 9.17) is 23.2 Å². The average Bonchev–Trinajstić information content (AvgIpc) is 2.41. The fourth-order valence-corrected chi connectivity index (χ4v) is 2.41. The van der Waals surface area contributed by atoms with Crippen molar-refractivity contribution in [3.8, 4) is 0 Å². The van der Waals surface area contributed by atoms with Crippen LogP contribution in [0.2, 0.25) is 5.02 Å². The molecular formula is C16H15Cl2NO. The van der Waals surface area contributed by atoms with E-state index in [9.17, 15) is 4.79 Å². The van der Waals surface area contributed by atoms with E-state index in [1.54, 1.807) is 12.1 Å². The van der Waals surface area contributed by atoms with Crippen molar-refractivity contribution in [1.82, 2.24) is 0 Å². The molecule has 0 aliphatic rings. The predicted molar refractivity (Wildman–Crippen MR) is 85.0 cm³/mol. The fourth-order valence-electron chi connectivity index (χ4n) is 1.87. The van der Waals surface area contributed by atoms with Crippen LogP contribution in [0.4, 0.5) is 5.69 Å². The Kier molecular flexibility index (Phi) is 5.05. The van der Waals surface area contributed by atoms with Gasteiger partial charge in [0.2, 0.25) is 0 Å². The van der Waals surface area contributed by atoms with Gasteiger partial charge < -0.3 is 5.32 Å². The number of rotatable bonds is 4. The molecule has 2 aromatic carbocycles. The number of hydrogen-bond acceptors (Lipinski definition) is 1. The highest BCUT2D eigenvalue weighted by Crippen LogP contribution is 2.19. The van der Waals surface area contributed by atoms with Crippen molar-refractivity contribution >= 4 is 34.8 Å². The van der Waals surface area contributed by atoms with Crippen LogP contribution in [-0.2, 0) is 6.42 Å². The molecule has 2 aromatic rings. The topological polar surface area (TPSA) is 29.1 Å². The minimum Gasteiger partial charge on any atom is -0.322 e. The summed E-state index contributed by atoms with van der Waals surface area (Å²) in [5.74, 6) is 0.380. The SMILES string of the molecule is Cc1ccc(C(=O)Nc2ccc(CCCl)cc2)c(Cl)c1. The first-order valence-corrected chi connectivity index (χ1v) is 7.24. The number of carbonyl (C=O) groups is 1. The Bertz CT molecular complexity index is 608. The first-order chi connectivity index (χ1) is 9.60. The molecule has 104 valence electrons. The van der Waals surface area contributed by atoms with E-state index >= 15 is 0 Å². The summed E-state index contributed by atoms with van der Waals surface area (Å²) in [5, 5.41) is 3.29. The largest absolute Gasteiger partial charge is 0.322 e. The number of anilines is 1. The summed E-state index contributed by atoms with van der Waals surface area (Å²) in [6, 6.07) is 13.0. The second-order valence-corrected chi connectivity index (χ2v) is 5.36. The van der Waals surface area contributed by atoms with Crippen molar-refractivity contribution in [2.75, 3.05) is 11.2 Å². The van der Waals surface area contributed by atoms with Crippen molar-refractivity contribution in [3.63, 3.8) is 0 Å². The van der Waals surface area contributed by atoms with E-state index in [0.717, 1.165) is 23.2 Å². The van der Waals surface area contributed by atoms with E-state index in [1.165, 1.54) is 0 Å². The molecule has 0 aliphatic heterocycles. The van der Waals surface area contributed by atoms with Gasteiger partial charge in [-0.15, -0.1) is 11.6 Å². The van der Waals surface area contributed by atoms with Crippen molar-refractivity contribution in [3.05, 3.63) is 64.2 Å². The van der Waals surface area contributed by atoms with Crippen molar-refractivity contribution < 1.29 is 4.79 Å². The molecule has 4 heteroatoms. The first kappa shape index (κ1) is 14.9. The Hall–Kier alpha value is -1.51. The maximum atomic E-state index is 12.1. The van der Waals surface area contributed by atoms with Crippen LogP contribution in [0.3, 0.4) is 0 Å². The summed E-state index contributed by atoms with van der Waals surface area (Å²) >= 11 is 11.8. The summed E-state index contributed by atoms with van der Waals surface area (Å²) < 4.78 is 0. The molecule has 0 aromatic heterocycles. The molecule has 0 unspecified atom stereocenters. The molecule has 1 amide bonds. The van der Waals surface area contributed by atoms with Crippen LogP contribution in [0.25, 0.3) is 0 Å². The maximum Gasteiger partial charge on any atom is 0.257 e. The minimum atomic E-state index is -0.208. The van der Waals surface area contributed by atoms with Gasteiger partial charge in [0.05, 0.1) is 10.6 Å². The van der Waals surface area contributed by atoms with Crippen LogP contribution in [-0.4, -0.2) is 11.8 Å². The second-order valence-electron chi connectivity index (χ2n) is 4.57. The molecule has 0 saturated heterocycles. The van der Waals surface area contributed by atoms with Crippen molar-refractivity contribution in [1.29, 1.82) is 0 Å². The van der Waals surface area contributed by atoms with Gasteiger partial charge >= 0.3 is 0 Å². The zero-order chi connectivity index (χ0) is 14.5. The van der Waals surface area contributed by atoms with Crippen LogP contribution in [0.1, 0.15) is 21.5 Å². The lowest BCUT2D eigenvalue weighted by atomic mass is 10.1. The van der Waals surface area contributed by atoms with Gasteiger partial charge in [-0.3, -0.25) is 4.79 Å². The maximum absolute atomic E-state index is 12.1. The lowest BCUT2D eigenvalue weighted by Gasteiger charge is -2.08. The number of halogens is 2. The monoisotopic (exact) mass is 307 g/mol. The zero-order valence-electron chi connectivity index (χ0n) is 11.1. The third-order valence-corrected chi connectivity index (χ3v) is 3.47. The third kappa shape index (κ3) is 3.75. The van der Waals surface area contributed by atoms with Gasteiger partial charge in [0.1, 0.15) is 0 Å². The van der Waals surface area contributed by atoms with Crippen molar-refractivity contribution in [2.24, 2.45) is 0 Å². The number of nitrogens with one attached hydrogen (secondary N) is 1. The minimum absolute atomic E-state index is 0.208. The highest BCUT2D eigenvalue weighted by atomic mass is 35.5. The molecule has 2 nitrogen and oxygen atoms in total. The lowest BCUT2D eigenvalue weighted by Crippen LogP contribution is -2.12. The normalized spacial score (nSPS) is 10.3. The zero-order valence-corrected chi connectivity index (χ0v) is 12.6. The van der Waals surface area contributed by atoms with Gasteiger partial charge in [0.15, 0.2) is 0 Å². The standard InChI is InChI=1S/C16H15Cl2NO/c1-11-2-7-14(15(18)10-11)16(20)19-13-5-3-12(4-6-13)8-9-17/h2-7,10H,8-9H2,1H3,(H,19,20). The molecule has 1 N–H and O–H groups in total. The highest BCUT2D eigenvalue weighted by molar-refractivity contribution is 6.34. The van der Waals surface area contributed by atoms with Crippen LogP contribution in [0.5, 0.6) is 0 Å². The fraction of sp³-hybridized carbons (Fsp3) is 0.188. The quantitative estimate of drug-likeness (QED) is 0.816. The van der Waals surface area contributed by atoms with E-state index < -0.39 is 0 Å². The molecule has 0 bridgehead atoms. The molecule has 0 saturated carbocycles. The van der Waals surface area contributed by atoms with Crippen molar-refractivity contribution in [2.45, 2.75) is 13.3 Å². The summed E-state index contributed by atoms with van der Waals surface area (Å²) in [4.78, 5) is 12.1. The van der Waals surface area contributed by atoms with E-state index in [2.05, 4.69) is 5.32 Å². The third-order valence-electron chi connectivity index (χ3n) is 2.96. The average molecular weight is 308 g/mol. The molecule has 0 aliphatic carbocycles. The molecule has 0 atom stereocenters. The van der Waals surface area contributed by atoms with Gasteiger partial charge in [0.25, 0.3) is 5.91 Å². The van der Waals surface area contributed by atoms with Gasteiger partial charge in [0, 0.05) is 11.6 Å². The Morgan fingerprint density at radius 2 is 1.85 bits per heavy atom. The number of benzene rings is 2. The van der Waals surface area contributed by atoms with E-state index in [-0.39, 0.29) is 5.91 Å². The Labute approximate surface area is 128 Å². The smallest absolute Gasteiger partial charge is 0.257 e. The Morgan fingerprint density at radius 3 is 2.45 bits per heavy atom. The summed E-state index contributed by atoms with van der Waals surface area (Å²) in [5.41, 5.74) is 3.38. The van der Waals surface area contributed by atoms with Gasteiger partial charge in [-0.25, -0.2) is 0 Å². The molecule has 0 radical (unpaired) electrons. The second kappa shape index (κ2) is 6.78. The lowest BCUT2D eigenvalue weighted by molar-refractivity contribution is 0.102. The molecular weight excluding hydrogens is 293 g/mol. The van der Waals surface area contributed by atoms with Crippen LogP contribution in [0.15, 0.2) is 42.5 Å².